The summed E-state index contributed by atoms with van der Waals surface area (Å²) in [5.74, 6) is 1.32. The minimum Gasteiger partial charge on any atom is -1.00 e. The number of hydrogen-bond donors (Lipinski definition) is 0. The van der Waals surface area contributed by atoms with E-state index in [1.165, 1.54) is 17.1 Å². The highest BCUT2D eigenvalue weighted by Crippen LogP contribution is 2.26. The molecular formula is C20H17Br2ClN2O. The fourth-order valence-electron chi connectivity index (χ4n) is 3.38. The van der Waals surface area contributed by atoms with Crippen molar-refractivity contribution in [2.24, 2.45) is 0 Å². The van der Waals surface area contributed by atoms with Crippen molar-refractivity contribution < 1.29 is 26.3 Å². The van der Waals surface area contributed by atoms with E-state index in [1.807, 2.05) is 12.1 Å². The second-order valence-corrected chi connectivity index (χ2v) is 7.60. The van der Waals surface area contributed by atoms with Crippen molar-refractivity contribution in [3.63, 3.8) is 0 Å². The number of aromatic nitrogens is 2. The summed E-state index contributed by atoms with van der Waals surface area (Å²) in [6, 6.07) is 15.4. The van der Waals surface area contributed by atoms with Gasteiger partial charge in [0, 0.05) is 20.6 Å². The number of ketones is 1. The average molecular weight is 497 g/mol. The Morgan fingerprint density at radius 2 is 1.81 bits per heavy atom. The Morgan fingerprint density at radius 3 is 2.50 bits per heavy atom. The van der Waals surface area contributed by atoms with Crippen LogP contribution >= 0.6 is 27.5 Å². The van der Waals surface area contributed by atoms with Gasteiger partial charge >= 0.3 is 0 Å². The van der Waals surface area contributed by atoms with Gasteiger partial charge in [0.2, 0.25) is 5.78 Å². The molecule has 0 aliphatic carbocycles. The van der Waals surface area contributed by atoms with E-state index in [0.29, 0.717) is 17.1 Å². The molecule has 2 aromatic carbocycles. The monoisotopic (exact) mass is 494 g/mol. The van der Waals surface area contributed by atoms with Gasteiger partial charge < -0.3 is 17.0 Å². The minimum atomic E-state index is 0. The van der Waals surface area contributed by atoms with Gasteiger partial charge in [0.1, 0.15) is 6.20 Å². The highest BCUT2D eigenvalue weighted by molar-refractivity contribution is 9.10. The number of Topliss-reactive ketones (excluding diaryl/α,β-unsaturated/α-hetero) is 1. The fourth-order valence-corrected chi connectivity index (χ4v) is 3.77. The largest absolute Gasteiger partial charge is 1.00 e. The molecule has 0 atom stereocenters. The van der Waals surface area contributed by atoms with Crippen molar-refractivity contribution in [2.45, 2.75) is 25.9 Å². The summed E-state index contributed by atoms with van der Waals surface area (Å²) in [4.78, 5) is 12.6. The lowest BCUT2D eigenvalue weighted by molar-refractivity contribution is -0.689. The number of nitrogens with zero attached hydrogens (tertiary/aromatic N) is 2. The first-order valence-electron chi connectivity index (χ1n) is 8.28. The maximum Gasteiger partial charge on any atom is 0.257 e. The van der Waals surface area contributed by atoms with Gasteiger partial charge in [-0.25, -0.2) is 9.13 Å². The molecule has 6 heteroatoms. The van der Waals surface area contributed by atoms with Gasteiger partial charge in [-0.05, 0) is 55.0 Å². The van der Waals surface area contributed by atoms with Crippen molar-refractivity contribution in [1.82, 2.24) is 4.57 Å². The molecule has 1 aliphatic heterocycles. The number of imidazole rings is 1. The number of rotatable bonds is 4. The molecule has 134 valence electrons. The Morgan fingerprint density at radius 1 is 1.12 bits per heavy atom. The van der Waals surface area contributed by atoms with E-state index >= 15 is 0 Å². The van der Waals surface area contributed by atoms with Gasteiger partial charge in [0.25, 0.3) is 5.82 Å². The fraction of sp³-hybridized carbons (Fsp3) is 0.200. The molecule has 0 N–H and O–H groups in total. The minimum absolute atomic E-state index is 0. The summed E-state index contributed by atoms with van der Waals surface area (Å²) in [7, 11) is 0. The molecule has 3 nitrogen and oxygen atoms in total. The number of carbonyl (C=O) groups is 1. The van der Waals surface area contributed by atoms with E-state index < -0.39 is 0 Å². The van der Waals surface area contributed by atoms with E-state index in [0.717, 1.165) is 23.9 Å². The lowest BCUT2D eigenvalue weighted by Gasteiger charge is -2.00. The number of hydrogen-bond acceptors (Lipinski definition) is 1. The molecule has 0 spiro atoms. The predicted molar refractivity (Wildman–Crippen MR) is 102 cm³/mol. The first-order valence-corrected chi connectivity index (χ1v) is 9.45. The van der Waals surface area contributed by atoms with E-state index in [9.17, 15) is 4.79 Å². The molecule has 0 bridgehead atoms. The standard InChI is InChI=1S/C20H17BrClN2O.BrH/c21-16-7-3-14(4-8-16)18-12-23(20-2-1-11-24(18)20)13-19(25)15-5-9-17(22)10-6-15;/h3-10,12H,1-2,11,13H2;1H/q+1;/p-1. The molecule has 0 unspecified atom stereocenters. The number of carbonyl (C=O) groups excluding carboxylic acids is 1. The maximum absolute atomic E-state index is 12.6. The summed E-state index contributed by atoms with van der Waals surface area (Å²) in [6.45, 7) is 1.36. The molecule has 2 heterocycles. The van der Waals surface area contributed by atoms with Crippen LogP contribution in [-0.2, 0) is 19.5 Å². The van der Waals surface area contributed by atoms with Gasteiger partial charge in [0.15, 0.2) is 12.2 Å². The summed E-state index contributed by atoms with van der Waals surface area (Å²) < 4.78 is 5.50. The van der Waals surface area contributed by atoms with Crippen LogP contribution in [0, 0.1) is 0 Å². The van der Waals surface area contributed by atoms with Crippen LogP contribution < -0.4 is 21.5 Å². The second-order valence-electron chi connectivity index (χ2n) is 6.25. The first kappa shape index (κ1) is 19.3. The summed E-state index contributed by atoms with van der Waals surface area (Å²) >= 11 is 9.40. The van der Waals surface area contributed by atoms with Crippen LogP contribution in [-0.4, -0.2) is 10.4 Å². The quantitative estimate of drug-likeness (QED) is 0.399. The Kier molecular flexibility index (Phi) is 6.00. The van der Waals surface area contributed by atoms with Gasteiger partial charge in [-0.1, -0.05) is 27.5 Å². The number of fused-ring (bicyclic) bond motifs is 1. The van der Waals surface area contributed by atoms with E-state index in [4.69, 9.17) is 11.6 Å². The third kappa shape index (κ3) is 3.80. The molecule has 0 saturated carbocycles. The van der Waals surface area contributed by atoms with Crippen LogP contribution in [0.2, 0.25) is 5.02 Å². The van der Waals surface area contributed by atoms with Crippen LogP contribution in [0.5, 0.6) is 0 Å². The van der Waals surface area contributed by atoms with Crippen LogP contribution in [0.3, 0.4) is 0 Å². The Labute approximate surface area is 176 Å². The van der Waals surface area contributed by atoms with Gasteiger partial charge in [-0.15, -0.1) is 0 Å². The molecule has 1 aromatic heterocycles. The lowest BCUT2D eigenvalue weighted by Crippen LogP contribution is -3.00. The van der Waals surface area contributed by atoms with E-state index in [-0.39, 0.29) is 22.8 Å². The number of benzene rings is 2. The predicted octanol–water partition coefficient (Wildman–Crippen LogP) is 1.69. The van der Waals surface area contributed by atoms with Gasteiger partial charge in [-0.2, -0.15) is 0 Å². The van der Waals surface area contributed by atoms with Crippen molar-refractivity contribution in [1.29, 1.82) is 0 Å². The molecular weight excluding hydrogens is 479 g/mol. The molecule has 26 heavy (non-hydrogen) atoms. The summed E-state index contributed by atoms with van der Waals surface area (Å²) in [6.07, 6.45) is 4.23. The SMILES string of the molecule is O=C(C[n+]1cc(-c2ccc(Br)cc2)n2c1CCC2)c1ccc(Cl)cc1.[Br-]. The zero-order valence-corrected chi connectivity index (χ0v) is 17.9. The molecule has 1 aliphatic rings. The van der Waals surface area contributed by atoms with Crippen LogP contribution in [0.4, 0.5) is 0 Å². The maximum atomic E-state index is 12.6. The Hall–Kier alpha value is -1.43. The van der Waals surface area contributed by atoms with Crippen LogP contribution in [0.25, 0.3) is 11.3 Å². The zero-order chi connectivity index (χ0) is 17.4. The average Bonchev–Trinajstić information content (AvgIpc) is 3.20. The van der Waals surface area contributed by atoms with Crippen LogP contribution in [0.15, 0.2) is 59.2 Å². The summed E-state index contributed by atoms with van der Waals surface area (Å²) in [5, 5.41) is 0.645. The van der Waals surface area contributed by atoms with Crippen molar-refractivity contribution in [3.8, 4) is 11.3 Å². The third-order valence-corrected chi connectivity index (χ3v) is 5.39. The van der Waals surface area contributed by atoms with Crippen molar-refractivity contribution in [2.75, 3.05) is 0 Å². The topological polar surface area (TPSA) is 25.9 Å². The zero-order valence-electron chi connectivity index (χ0n) is 14.0. The normalized spacial score (nSPS) is 12.5. The molecule has 4 rings (SSSR count). The van der Waals surface area contributed by atoms with Crippen molar-refractivity contribution >= 4 is 33.3 Å². The van der Waals surface area contributed by atoms with E-state index in [1.54, 1.807) is 24.3 Å². The molecule has 3 aromatic rings. The van der Waals surface area contributed by atoms with Crippen molar-refractivity contribution in [3.05, 3.63) is 75.6 Å². The Balaban J connectivity index is 0.00000196. The highest BCUT2D eigenvalue weighted by Gasteiger charge is 2.29. The smallest absolute Gasteiger partial charge is 0.257 e. The highest BCUT2D eigenvalue weighted by atomic mass is 79.9. The third-order valence-electron chi connectivity index (χ3n) is 4.61. The van der Waals surface area contributed by atoms with E-state index in [2.05, 4.69) is 43.4 Å². The summed E-state index contributed by atoms with van der Waals surface area (Å²) in [5.41, 5.74) is 3.04. The van der Waals surface area contributed by atoms with Crippen LogP contribution in [0.1, 0.15) is 22.6 Å². The molecule has 0 amide bonds. The molecule has 0 radical (unpaired) electrons. The van der Waals surface area contributed by atoms with Gasteiger partial charge in [-0.3, -0.25) is 4.79 Å². The molecule has 0 fully saturated rings. The lowest BCUT2D eigenvalue weighted by atomic mass is 10.1. The Bertz CT molecular complexity index is 934. The molecule has 0 saturated heterocycles. The van der Waals surface area contributed by atoms with Gasteiger partial charge in [0.05, 0.1) is 13.0 Å². The number of halogens is 3. The first-order chi connectivity index (χ1) is 12.1. The second kappa shape index (κ2) is 8.07.